The van der Waals surface area contributed by atoms with Gasteiger partial charge < -0.3 is 19.1 Å². The van der Waals surface area contributed by atoms with Crippen molar-refractivity contribution in [3.8, 4) is 0 Å². The maximum atomic E-state index is 11.9. The number of carboxylic acid groups (broad SMARTS) is 1. The van der Waals surface area contributed by atoms with E-state index in [0.29, 0.717) is 17.4 Å². The molecule has 1 atom stereocenters. The largest absolute Gasteiger partial charge is 0.550 e. The van der Waals surface area contributed by atoms with Crippen LogP contribution < -0.4 is 5.11 Å². The van der Waals surface area contributed by atoms with E-state index >= 15 is 0 Å². The summed E-state index contributed by atoms with van der Waals surface area (Å²) in [5, 5.41) is 10.8. The van der Waals surface area contributed by atoms with Crippen LogP contribution in [0.3, 0.4) is 0 Å². The molecule has 0 aromatic heterocycles. The van der Waals surface area contributed by atoms with E-state index in [0.717, 1.165) is 32.1 Å². The summed E-state index contributed by atoms with van der Waals surface area (Å²) >= 11 is 0. The average molecular weight is 356 g/mol. The molecule has 25 heavy (non-hydrogen) atoms. The van der Waals surface area contributed by atoms with Crippen LogP contribution in [0, 0.1) is 0 Å². The molecule has 0 aliphatic carbocycles. The third-order valence-corrected chi connectivity index (χ3v) is 3.82. The molecule has 0 aromatic rings. The fraction of sp³-hybridized carbons (Fsp3) is 0.800. The molecular weight excluding hydrogens is 318 g/mol. The first-order valence-electron chi connectivity index (χ1n) is 9.59. The number of carbonyl (C=O) groups is 2. The van der Waals surface area contributed by atoms with Gasteiger partial charge >= 0.3 is 5.97 Å². The molecule has 0 fully saturated rings. The third kappa shape index (κ3) is 17.3. The summed E-state index contributed by atoms with van der Waals surface area (Å²) in [7, 11) is 5.81. The van der Waals surface area contributed by atoms with Gasteiger partial charge in [0, 0.05) is 18.8 Å². The van der Waals surface area contributed by atoms with Crippen LogP contribution in [0.2, 0.25) is 0 Å². The summed E-state index contributed by atoms with van der Waals surface area (Å²) in [6, 6.07) is 0. The summed E-state index contributed by atoms with van der Waals surface area (Å²) < 4.78 is 5.88. The predicted molar refractivity (Wildman–Crippen MR) is 98.8 cm³/mol. The van der Waals surface area contributed by atoms with E-state index in [2.05, 4.69) is 19.1 Å². The fourth-order valence-electron chi connectivity index (χ4n) is 2.65. The lowest BCUT2D eigenvalue weighted by molar-refractivity contribution is -0.873. The molecule has 0 amide bonds. The number of carboxylic acids is 1. The van der Waals surface area contributed by atoms with Gasteiger partial charge in [0.05, 0.1) is 21.1 Å². The number of aliphatic carboxylic acids is 1. The summed E-state index contributed by atoms with van der Waals surface area (Å²) in [6.07, 6.45) is 12.8. The third-order valence-electron chi connectivity index (χ3n) is 3.82. The zero-order valence-electron chi connectivity index (χ0n) is 16.6. The van der Waals surface area contributed by atoms with Crippen molar-refractivity contribution in [2.24, 2.45) is 0 Å². The summed E-state index contributed by atoms with van der Waals surface area (Å²) in [6.45, 7) is 2.64. The van der Waals surface area contributed by atoms with Gasteiger partial charge in [-0.05, 0) is 25.7 Å². The maximum absolute atomic E-state index is 11.9. The minimum absolute atomic E-state index is 0.243. The number of nitrogens with zero attached hydrogens (tertiary/aromatic N) is 1. The molecule has 0 aromatic carbocycles. The predicted octanol–water partition coefficient (Wildman–Crippen LogP) is 2.83. The van der Waals surface area contributed by atoms with Crippen LogP contribution in [0.15, 0.2) is 12.2 Å². The topological polar surface area (TPSA) is 66.4 Å². The van der Waals surface area contributed by atoms with E-state index in [4.69, 9.17) is 4.74 Å². The second-order valence-corrected chi connectivity index (χ2v) is 7.73. The number of ether oxygens (including phenoxy) is 1. The van der Waals surface area contributed by atoms with Gasteiger partial charge in [-0.3, -0.25) is 4.79 Å². The molecule has 0 rings (SSSR count). The Balaban J connectivity index is 3.83. The first-order valence-corrected chi connectivity index (χ1v) is 9.59. The van der Waals surface area contributed by atoms with Crippen LogP contribution in [0.1, 0.15) is 71.1 Å². The summed E-state index contributed by atoms with van der Waals surface area (Å²) in [5.74, 6) is -1.48. The number of likely N-dealkylation sites (N-methyl/N-ethyl adjacent to an activating group) is 1. The van der Waals surface area contributed by atoms with Crippen molar-refractivity contribution in [1.82, 2.24) is 0 Å². The number of allylic oxidation sites excluding steroid dienone is 2. The number of quaternary nitrogens is 1. The molecule has 0 spiro atoms. The average Bonchev–Trinajstić information content (AvgIpc) is 2.46. The van der Waals surface area contributed by atoms with Crippen molar-refractivity contribution in [3.63, 3.8) is 0 Å². The van der Waals surface area contributed by atoms with Crippen LogP contribution in [0.25, 0.3) is 0 Å². The molecule has 5 heteroatoms. The zero-order chi connectivity index (χ0) is 19.1. The Morgan fingerprint density at radius 2 is 1.60 bits per heavy atom. The highest BCUT2D eigenvalue weighted by Gasteiger charge is 2.22. The Labute approximate surface area is 153 Å². The molecule has 1 unspecified atom stereocenters. The van der Waals surface area contributed by atoms with Crippen LogP contribution in [-0.2, 0) is 14.3 Å². The van der Waals surface area contributed by atoms with Crippen LogP contribution >= 0.6 is 0 Å². The molecule has 146 valence electrons. The van der Waals surface area contributed by atoms with Gasteiger partial charge in [-0.2, -0.15) is 0 Å². The molecular formula is C20H37NO4. The van der Waals surface area contributed by atoms with Crippen molar-refractivity contribution in [1.29, 1.82) is 0 Å². The molecule has 0 radical (unpaired) electrons. The molecule has 0 aliphatic rings. The Hall–Kier alpha value is -1.36. The Morgan fingerprint density at radius 3 is 2.20 bits per heavy atom. The van der Waals surface area contributed by atoms with Crippen LogP contribution in [0.4, 0.5) is 0 Å². The summed E-state index contributed by atoms with van der Waals surface area (Å²) in [4.78, 5) is 22.7. The van der Waals surface area contributed by atoms with Crippen molar-refractivity contribution in [3.05, 3.63) is 12.2 Å². The van der Waals surface area contributed by atoms with E-state index < -0.39 is 12.1 Å². The van der Waals surface area contributed by atoms with Crippen molar-refractivity contribution >= 4 is 11.9 Å². The van der Waals surface area contributed by atoms with Gasteiger partial charge in [-0.25, -0.2) is 0 Å². The molecule has 0 bridgehead atoms. The fourth-order valence-corrected chi connectivity index (χ4v) is 2.65. The van der Waals surface area contributed by atoms with Crippen molar-refractivity contribution in [2.45, 2.75) is 77.2 Å². The second kappa shape index (κ2) is 13.9. The van der Waals surface area contributed by atoms with Gasteiger partial charge in [-0.1, -0.05) is 44.8 Å². The van der Waals surface area contributed by atoms with Gasteiger partial charge in [0.15, 0.2) is 6.10 Å². The van der Waals surface area contributed by atoms with E-state index in [9.17, 15) is 14.7 Å². The lowest BCUT2D eigenvalue weighted by atomic mass is 10.1. The van der Waals surface area contributed by atoms with Crippen molar-refractivity contribution < 1.29 is 23.9 Å². The molecule has 0 saturated carbocycles. The molecule has 0 saturated heterocycles. The number of hydrogen-bond donors (Lipinski definition) is 0. The van der Waals surface area contributed by atoms with Crippen LogP contribution in [-0.4, -0.2) is 50.2 Å². The minimum atomic E-state index is -1.18. The van der Waals surface area contributed by atoms with Gasteiger partial charge in [0.25, 0.3) is 0 Å². The highest BCUT2D eigenvalue weighted by molar-refractivity contribution is 5.70. The molecule has 0 N–H and O–H groups in total. The lowest BCUT2D eigenvalue weighted by Crippen LogP contribution is -2.45. The Morgan fingerprint density at radius 1 is 1.00 bits per heavy atom. The quantitative estimate of drug-likeness (QED) is 0.196. The van der Waals surface area contributed by atoms with E-state index in [1.807, 2.05) is 21.1 Å². The monoisotopic (exact) mass is 355 g/mol. The lowest BCUT2D eigenvalue weighted by Gasteiger charge is -2.29. The molecule has 0 heterocycles. The normalized spacial score (nSPS) is 13.1. The zero-order valence-corrected chi connectivity index (χ0v) is 16.6. The second-order valence-electron chi connectivity index (χ2n) is 7.73. The van der Waals surface area contributed by atoms with E-state index in [1.54, 1.807) is 0 Å². The smallest absolute Gasteiger partial charge is 0.306 e. The minimum Gasteiger partial charge on any atom is -0.550 e. The first kappa shape index (κ1) is 23.6. The van der Waals surface area contributed by atoms with Gasteiger partial charge in [0.2, 0.25) is 0 Å². The number of esters is 1. The van der Waals surface area contributed by atoms with Gasteiger partial charge in [-0.15, -0.1) is 0 Å². The number of hydrogen-bond acceptors (Lipinski definition) is 4. The standard InChI is InChI=1S/C20H37NO4/c1-5-6-7-8-9-10-11-12-13-14-15-20(24)25-18(16-19(22)23)17-21(2,3)4/h7-8,18H,5-6,9-17H2,1-4H3/b8-7+. The maximum Gasteiger partial charge on any atom is 0.306 e. The highest BCUT2D eigenvalue weighted by Crippen LogP contribution is 2.11. The number of carbonyl (C=O) groups excluding carboxylic acids is 2. The van der Waals surface area contributed by atoms with Crippen LogP contribution in [0.5, 0.6) is 0 Å². The Kier molecular flexibility index (Phi) is 13.1. The highest BCUT2D eigenvalue weighted by atomic mass is 16.5. The molecule has 0 aliphatic heterocycles. The first-order chi connectivity index (χ1) is 11.7. The number of rotatable bonds is 15. The number of unbranched alkanes of at least 4 members (excludes halogenated alkanes) is 6. The van der Waals surface area contributed by atoms with E-state index in [1.165, 1.54) is 19.3 Å². The summed E-state index contributed by atoms with van der Waals surface area (Å²) in [5.41, 5.74) is 0. The SMILES string of the molecule is CCC/C=C/CCCCCCCC(=O)OC(CC(=O)[O-])C[N+](C)(C)C. The van der Waals surface area contributed by atoms with Gasteiger partial charge in [0.1, 0.15) is 6.54 Å². The molecule has 5 nitrogen and oxygen atoms in total. The van der Waals surface area contributed by atoms with Crippen molar-refractivity contribution in [2.75, 3.05) is 27.7 Å². The van der Waals surface area contributed by atoms with E-state index in [-0.39, 0.29) is 12.4 Å². The Bertz CT molecular complexity index is 399.